The maximum Gasteiger partial charge on any atom is 0.573 e. The second-order valence-electron chi connectivity index (χ2n) is 7.53. The maximum atomic E-state index is 13.4. The number of halogens is 4. The van der Waals surface area contributed by atoms with Crippen LogP contribution in [-0.2, 0) is 17.1 Å². The van der Waals surface area contributed by atoms with Gasteiger partial charge in [0.1, 0.15) is 11.6 Å². The van der Waals surface area contributed by atoms with Crippen molar-refractivity contribution in [2.24, 2.45) is 7.05 Å². The number of pyridine rings is 1. The van der Waals surface area contributed by atoms with Crippen LogP contribution in [0.4, 0.5) is 23.2 Å². The van der Waals surface area contributed by atoms with Crippen molar-refractivity contribution in [1.82, 2.24) is 18.8 Å². The molecule has 3 aromatic rings. The van der Waals surface area contributed by atoms with Crippen molar-refractivity contribution in [2.45, 2.75) is 23.3 Å². The number of hydrogen-bond acceptors (Lipinski definition) is 6. The predicted octanol–water partition coefficient (Wildman–Crippen LogP) is 3.12. The van der Waals surface area contributed by atoms with Gasteiger partial charge in [-0.1, -0.05) is 6.07 Å². The quantitative estimate of drug-likeness (QED) is 0.540. The number of nitrogens with one attached hydrogen (secondary N) is 1. The fraction of sp³-hybridized carbons (Fsp3) is 0.300. The fourth-order valence-corrected chi connectivity index (χ4v) is 5.13. The average Bonchev–Trinajstić information content (AvgIpc) is 3.35. The number of imidazole rings is 1. The highest BCUT2D eigenvalue weighted by atomic mass is 32.2. The van der Waals surface area contributed by atoms with Gasteiger partial charge in [-0.05, 0) is 24.3 Å². The molecule has 0 aliphatic carbocycles. The molecule has 1 saturated heterocycles. The van der Waals surface area contributed by atoms with E-state index in [0.29, 0.717) is 11.4 Å². The summed E-state index contributed by atoms with van der Waals surface area (Å²) in [5.74, 6) is -1.47. The minimum absolute atomic E-state index is 0.00696. The number of alkyl halides is 3. The highest BCUT2D eigenvalue weighted by Gasteiger charge is 2.41. The lowest BCUT2D eigenvalue weighted by atomic mass is 9.98. The molecule has 2 aromatic heterocycles. The first-order chi connectivity index (χ1) is 15.5. The number of rotatable bonds is 6. The van der Waals surface area contributed by atoms with E-state index in [-0.39, 0.29) is 18.1 Å². The number of nitrogens with zero attached hydrogens (tertiary/aromatic N) is 4. The fourth-order valence-electron chi connectivity index (χ4n) is 3.67. The van der Waals surface area contributed by atoms with Crippen LogP contribution in [0.2, 0.25) is 0 Å². The van der Waals surface area contributed by atoms with Gasteiger partial charge in [-0.15, -0.1) is 13.2 Å². The summed E-state index contributed by atoms with van der Waals surface area (Å²) >= 11 is 0. The van der Waals surface area contributed by atoms with E-state index in [1.807, 2.05) is 0 Å². The highest BCUT2D eigenvalue weighted by Crippen LogP contribution is 2.33. The van der Waals surface area contributed by atoms with E-state index in [2.05, 4.69) is 20.0 Å². The van der Waals surface area contributed by atoms with Gasteiger partial charge in [-0.3, -0.25) is 4.98 Å². The van der Waals surface area contributed by atoms with E-state index >= 15 is 0 Å². The van der Waals surface area contributed by atoms with Gasteiger partial charge in [0.25, 0.3) is 10.0 Å². The maximum absolute atomic E-state index is 13.4. The molecule has 1 N–H and O–H groups in total. The van der Waals surface area contributed by atoms with Gasteiger partial charge < -0.3 is 14.6 Å². The first kappa shape index (κ1) is 23.0. The molecule has 13 heteroatoms. The zero-order chi connectivity index (χ0) is 23.8. The Morgan fingerprint density at radius 2 is 1.94 bits per heavy atom. The average molecular weight is 485 g/mol. The van der Waals surface area contributed by atoms with Crippen molar-refractivity contribution in [3.05, 3.63) is 66.6 Å². The molecule has 0 amide bonds. The van der Waals surface area contributed by atoms with Gasteiger partial charge in [0.15, 0.2) is 5.03 Å². The van der Waals surface area contributed by atoms with Crippen LogP contribution in [0.25, 0.3) is 0 Å². The summed E-state index contributed by atoms with van der Waals surface area (Å²) in [7, 11) is -2.30. The van der Waals surface area contributed by atoms with Gasteiger partial charge in [-0.25, -0.2) is 17.8 Å². The van der Waals surface area contributed by atoms with E-state index in [0.717, 1.165) is 12.3 Å². The molecule has 0 saturated carbocycles. The Labute approximate surface area is 186 Å². The molecule has 0 bridgehead atoms. The Morgan fingerprint density at radius 3 is 2.58 bits per heavy atom. The van der Waals surface area contributed by atoms with E-state index < -0.39 is 39.9 Å². The molecular formula is C20H19F4N5O3S. The first-order valence-electron chi connectivity index (χ1n) is 9.73. The summed E-state index contributed by atoms with van der Waals surface area (Å²) in [5.41, 5.74) is 0.737. The smallest absolute Gasteiger partial charge is 0.406 e. The molecular weight excluding hydrogens is 466 g/mol. The van der Waals surface area contributed by atoms with Crippen LogP contribution in [0, 0.1) is 5.82 Å². The van der Waals surface area contributed by atoms with Crippen LogP contribution in [0.5, 0.6) is 5.75 Å². The monoisotopic (exact) mass is 485 g/mol. The SMILES string of the molecule is Cn1cnc(S(=O)(=O)N2C[C@H](Nc3cccc(OC(F)(F)F)c3)[C@@H](c3ccc(F)cn3)C2)c1. The number of aryl methyl sites for hydroxylation is 1. The third-order valence-electron chi connectivity index (χ3n) is 5.12. The second-order valence-corrected chi connectivity index (χ2v) is 9.42. The third-order valence-corrected chi connectivity index (χ3v) is 6.84. The lowest BCUT2D eigenvalue weighted by Crippen LogP contribution is -2.32. The number of benzene rings is 1. The zero-order valence-electron chi connectivity index (χ0n) is 17.2. The Hall–Kier alpha value is -3.19. The Balaban J connectivity index is 1.63. The Kier molecular flexibility index (Phi) is 6.01. The minimum atomic E-state index is -4.85. The standard InChI is InChI=1S/C20H19F4N5O3S/c1-28-11-19(26-12-28)33(30,31)29-9-16(17-6-5-13(21)8-25-17)18(10-29)27-14-3-2-4-15(7-14)32-20(22,23)24/h2-8,11-12,16,18,27H,9-10H2,1H3/t16-,18+/m1/s1. The normalized spacial score (nSPS) is 19.5. The predicted molar refractivity (Wildman–Crippen MR) is 109 cm³/mol. The largest absolute Gasteiger partial charge is 0.573 e. The van der Waals surface area contributed by atoms with Crippen molar-refractivity contribution < 1.29 is 30.7 Å². The molecule has 1 aliphatic rings. The highest BCUT2D eigenvalue weighted by molar-refractivity contribution is 7.89. The number of ether oxygens (including phenoxy) is 1. The van der Waals surface area contributed by atoms with Crippen LogP contribution in [-0.4, -0.2) is 52.8 Å². The van der Waals surface area contributed by atoms with Gasteiger partial charge in [0, 0.05) is 55.7 Å². The second kappa shape index (κ2) is 8.63. The first-order valence-corrected chi connectivity index (χ1v) is 11.2. The molecule has 8 nitrogen and oxygen atoms in total. The lowest BCUT2D eigenvalue weighted by Gasteiger charge is -2.21. The minimum Gasteiger partial charge on any atom is -0.406 e. The molecule has 1 fully saturated rings. The van der Waals surface area contributed by atoms with Crippen molar-refractivity contribution in [2.75, 3.05) is 18.4 Å². The molecule has 33 heavy (non-hydrogen) atoms. The lowest BCUT2D eigenvalue weighted by molar-refractivity contribution is -0.274. The van der Waals surface area contributed by atoms with Crippen molar-refractivity contribution in [3.63, 3.8) is 0 Å². The van der Waals surface area contributed by atoms with E-state index in [1.165, 1.54) is 51.7 Å². The summed E-state index contributed by atoms with van der Waals surface area (Å²) in [4.78, 5) is 8.00. The zero-order valence-corrected chi connectivity index (χ0v) is 18.0. The molecule has 1 aliphatic heterocycles. The van der Waals surface area contributed by atoms with Crippen LogP contribution in [0.1, 0.15) is 11.6 Å². The van der Waals surface area contributed by atoms with Crippen LogP contribution >= 0.6 is 0 Å². The molecule has 0 radical (unpaired) electrons. The summed E-state index contributed by atoms with van der Waals surface area (Å²) < 4.78 is 84.0. The van der Waals surface area contributed by atoms with E-state index in [1.54, 1.807) is 7.05 Å². The molecule has 0 spiro atoms. The summed E-state index contributed by atoms with van der Waals surface area (Å²) in [6.07, 6.45) is -1.08. The van der Waals surface area contributed by atoms with E-state index in [9.17, 15) is 26.0 Å². The van der Waals surface area contributed by atoms with Gasteiger partial charge in [0.2, 0.25) is 0 Å². The topological polar surface area (TPSA) is 89.4 Å². The molecule has 4 rings (SSSR count). The summed E-state index contributed by atoms with van der Waals surface area (Å²) in [6, 6.07) is 7.34. The van der Waals surface area contributed by atoms with Gasteiger partial charge in [-0.2, -0.15) is 4.31 Å². The molecule has 1 aromatic carbocycles. The van der Waals surface area contributed by atoms with Crippen molar-refractivity contribution in [1.29, 1.82) is 0 Å². The van der Waals surface area contributed by atoms with Gasteiger partial charge in [0.05, 0.1) is 12.5 Å². The van der Waals surface area contributed by atoms with E-state index in [4.69, 9.17) is 0 Å². The number of sulfonamides is 1. The van der Waals surface area contributed by atoms with Crippen LogP contribution in [0.3, 0.4) is 0 Å². The molecule has 176 valence electrons. The molecule has 2 atom stereocenters. The Morgan fingerprint density at radius 1 is 1.15 bits per heavy atom. The molecule has 3 heterocycles. The third kappa shape index (κ3) is 5.25. The van der Waals surface area contributed by atoms with Crippen molar-refractivity contribution in [3.8, 4) is 5.75 Å². The van der Waals surface area contributed by atoms with Crippen molar-refractivity contribution >= 4 is 15.7 Å². The summed E-state index contributed by atoms with van der Waals surface area (Å²) in [5, 5.41) is 2.95. The van der Waals surface area contributed by atoms with Crippen LogP contribution in [0.15, 0.2) is 60.1 Å². The summed E-state index contributed by atoms with van der Waals surface area (Å²) in [6.45, 7) is 0.0148. The Bertz CT molecular complexity index is 1230. The van der Waals surface area contributed by atoms with Crippen LogP contribution < -0.4 is 10.1 Å². The molecule has 0 unspecified atom stereocenters. The number of hydrogen-bond donors (Lipinski definition) is 1. The number of anilines is 1. The number of aromatic nitrogens is 3. The van der Waals surface area contributed by atoms with Gasteiger partial charge >= 0.3 is 6.36 Å².